The number of pyridine rings is 1. The van der Waals surface area contributed by atoms with Crippen LogP contribution in [0.3, 0.4) is 0 Å². The Morgan fingerprint density at radius 1 is 1.26 bits per heavy atom. The normalized spacial score (nSPS) is 24.9. The van der Waals surface area contributed by atoms with Gasteiger partial charge in [-0.15, -0.1) is 0 Å². The van der Waals surface area contributed by atoms with Crippen molar-refractivity contribution >= 4 is 17.6 Å². The number of imide groups is 1. The highest BCUT2D eigenvalue weighted by Crippen LogP contribution is 2.38. The van der Waals surface area contributed by atoms with Gasteiger partial charge in [0.05, 0.1) is 30.1 Å². The Balaban J connectivity index is 1.76. The summed E-state index contributed by atoms with van der Waals surface area (Å²) in [4.78, 5) is 42.3. The van der Waals surface area contributed by atoms with Crippen molar-refractivity contribution in [3.63, 3.8) is 0 Å². The number of nitriles is 1. The second-order valence-corrected chi connectivity index (χ2v) is 6.04. The average Bonchev–Trinajstić information content (AvgIpc) is 2.82. The molecule has 118 valence electrons. The van der Waals surface area contributed by atoms with Crippen molar-refractivity contribution in [2.24, 2.45) is 11.8 Å². The highest BCUT2D eigenvalue weighted by atomic mass is 16.2. The van der Waals surface area contributed by atoms with E-state index in [1.54, 1.807) is 18.2 Å². The van der Waals surface area contributed by atoms with Crippen molar-refractivity contribution in [1.82, 2.24) is 9.88 Å². The van der Waals surface area contributed by atoms with Gasteiger partial charge in [-0.3, -0.25) is 24.3 Å². The van der Waals surface area contributed by atoms with Gasteiger partial charge in [0.1, 0.15) is 5.92 Å². The van der Waals surface area contributed by atoms with Crippen LogP contribution in [-0.2, 0) is 14.4 Å². The maximum Gasteiger partial charge on any atom is 0.233 e. The van der Waals surface area contributed by atoms with E-state index in [0.717, 1.165) is 17.7 Å². The van der Waals surface area contributed by atoms with Gasteiger partial charge in [0.25, 0.3) is 0 Å². The van der Waals surface area contributed by atoms with Crippen LogP contribution in [0.25, 0.3) is 0 Å². The van der Waals surface area contributed by atoms with Gasteiger partial charge in [-0.1, -0.05) is 18.9 Å². The molecule has 23 heavy (non-hydrogen) atoms. The standard InChI is InChI=1S/C17H17N3O3/c18-9-13(14-7-3-4-8-19-14)15(21)10-20-16(22)11-5-1-2-6-12(11)17(20)23/h3-4,7-8,11-13H,1-2,5-6,10H2/t11-,12+,13-/m1/s1. The summed E-state index contributed by atoms with van der Waals surface area (Å²) >= 11 is 0. The van der Waals surface area contributed by atoms with E-state index < -0.39 is 11.7 Å². The fraction of sp³-hybridized carbons (Fsp3) is 0.471. The van der Waals surface area contributed by atoms with Crippen LogP contribution in [-0.4, -0.2) is 34.0 Å². The molecule has 3 atom stereocenters. The summed E-state index contributed by atoms with van der Waals surface area (Å²) in [6.45, 7) is -0.334. The molecule has 1 aromatic rings. The molecule has 0 bridgehead atoms. The summed E-state index contributed by atoms with van der Waals surface area (Å²) in [6.07, 6.45) is 4.81. The number of Topliss-reactive ketones (excluding diaryl/α,β-unsaturated/α-hetero) is 1. The number of carbonyl (C=O) groups is 3. The molecule has 1 aromatic heterocycles. The van der Waals surface area contributed by atoms with Crippen LogP contribution in [0.5, 0.6) is 0 Å². The molecular formula is C17H17N3O3. The van der Waals surface area contributed by atoms with Crippen LogP contribution >= 0.6 is 0 Å². The minimum absolute atomic E-state index is 0.259. The van der Waals surface area contributed by atoms with Crippen molar-refractivity contribution in [2.75, 3.05) is 6.54 Å². The Hall–Kier alpha value is -2.55. The molecule has 0 N–H and O–H groups in total. The zero-order valence-corrected chi connectivity index (χ0v) is 12.6. The molecule has 3 rings (SSSR count). The Kier molecular flexibility index (Phi) is 4.20. The van der Waals surface area contributed by atoms with Crippen molar-refractivity contribution in [1.29, 1.82) is 5.26 Å². The molecule has 6 heteroatoms. The zero-order valence-electron chi connectivity index (χ0n) is 12.6. The number of hydrogen-bond donors (Lipinski definition) is 0. The highest BCUT2D eigenvalue weighted by molar-refractivity contribution is 6.08. The third-order valence-electron chi connectivity index (χ3n) is 4.68. The van der Waals surface area contributed by atoms with Gasteiger partial charge in [0, 0.05) is 6.20 Å². The van der Waals surface area contributed by atoms with Crippen LogP contribution in [0.4, 0.5) is 0 Å². The van der Waals surface area contributed by atoms with Crippen LogP contribution < -0.4 is 0 Å². The first-order valence-electron chi connectivity index (χ1n) is 7.82. The molecule has 1 saturated carbocycles. The predicted molar refractivity (Wildman–Crippen MR) is 79.8 cm³/mol. The molecule has 1 saturated heterocycles. The highest BCUT2D eigenvalue weighted by Gasteiger charge is 2.48. The van der Waals surface area contributed by atoms with E-state index in [-0.39, 0.29) is 30.2 Å². The van der Waals surface area contributed by atoms with E-state index in [4.69, 9.17) is 0 Å². The number of rotatable bonds is 4. The summed E-state index contributed by atoms with van der Waals surface area (Å²) in [5, 5.41) is 9.26. The molecule has 0 unspecified atom stereocenters. The summed E-state index contributed by atoms with van der Waals surface area (Å²) < 4.78 is 0. The van der Waals surface area contributed by atoms with Crippen molar-refractivity contribution in [3.05, 3.63) is 30.1 Å². The van der Waals surface area contributed by atoms with Gasteiger partial charge in [-0.05, 0) is 25.0 Å². The summed E-state index contributed by atoms with van der Waals surface area (Å²) in [5.41, 5.74) is 0.344. The van der Waals surface area contributed by atoms with Crippen LogP contribution in [0.15, 0.2) is 24.4 Å². The largest absolute Gasteiger partial charge is 0.296 e. The number of likely N-dealkylation sites (tertiary alicyclic amines) is 1. The van der Waals surface area contributed by atoms with Gasteiger partial charge in [0.2, 0.25) is 11.8 Å². The van der Waals surface area contributed by atoms with Crippen molar-refractivity contribution in [2.45, 2.75) is 31.6 Å². The van der Waals surface area contributed by atoms with E-state index >= 15 is 0 Å². The third-order valence-corrected chi connectivity index (χ3v) is 4.68. The van der Waals surface area contributed by atoms with E-state index in [1.807, 2.05) is 6.07 Å². The summed E-state index contributed by atoms with van der Waals surface area (Å²) in [6, 6.07) is 6.91. The Morgan fingerprint density at radius 3 is 2.43 bits per heavy atom. The number of fused-ring (bicyclic) bond motifs is 1. The average molecular weight is 311 g/mol. The first-order valence-corrected chi connectivity index (χ1v) is 7.82. The molecule has 2 amide bonds. The second kappa shape index (κ2) is 6.29. The van der Waals surface area contributed by atoms with Gasteiger partial charge in [-0.2, -0.15) is 5.26 Å². The lowest BCUT2D eigenvalue weighted by Gasteiger charge is -2.19. The lowest BCUT2D eigenvalue weighted by atomic mass is 9.81. The van der Waals surface area contributed by atoms with E-state index in [9.17, 15) is 19.6 Å². The number of hydrogen-bond acceptors (Lipinski definition) is 5. The Morgan fingerprint density at radius 2 is 1.91 bits per heavy atom. The fourth-order valence-electron chi connectivity index (χ4n) is 3.48. The Labute approximate surface area is 134 Å². The minimum Gasteiger partial charge on any atom is -0.296 e. The maximum absolute atomic E-state index is 12.4. The summed E-state index contributed by atoms with van der Waals surface area (Å²) in [5.74, 6) is -2.60. The van der Waals surface area contributed by atoms with Gasteiger partial charge < -0.3 is 0 Å². The lowest BCUT2D eigenvalue weighted by molar-refractivity contribution is -0.143. The summed E-state index contributed by atoms with van der Waals surface area (Å²) in [7, 11) is 0. The number of aromatic nitrogens is 1. The number of nitrogens with zero attached hydrogens (tertiary/aromatic N) is 3. The third kappa shape index (κ3) is 2.74. The van der Waals surface area contributed by atoms with Gasteiger partial charge in [-0.25, -0.2) is 0 Å². The fourth-order valence-corrected chi connectivity index (χ4v) is 3.48. The number of carbonyl (C=O) groups excluding carboxylic acids is 3. The topological polar surface area (TPSA) is 91.1 Å². The lowest BCUT2D eigenvalue weighted by Crippen LogP contribution is -2.37. The number of ketones is 1. The van der Waals surface area contributed by atoms with Crippen molar-refractivity contribution < 1.29 is 14.4 Å². The van der Waals surface area contributed by atoms with Gasteiger partial charge in [0.15, 0.2) is 5.78 Å². The molecule has 2 heterocycles. The van der Waals surface area contributed by atoms with Crippen LogP contribution in [0.2, 0.25) is 0 Å². The molecule has 2 aliphatic rings. The van der Waals surface area contributed by atoms with Crippen LogP contribution in [0.1, 0.15) is 37.3 Å². The molecule has 0 radical (unpaired) electrons. The maximum atomic E-state index is 12.4. The quantitative estimate of drug-likeness (QED) is 0.785. The SMILES string of the molecule is N#C[C@@H](C(=O)CN1C(=O)[C@H]2CCCC[C@H]2C1=O)c1ccccn1. The zero-order chi connectivity index (χ0) is 16.4. The van der Waals surface area contributed by atoms with E-state index in [2.05, 4.69) is 4.98 Å². The first-order chi connectivity index (χ1) is 11.1. The van der Waals surface area contributed by atoms with Gasteiger partial charge >= 0.3 is 0 Å². The minimum atomic E-state index is -1.06. The van der Waals surface area contributed by atoms with E-state index in [0.29, 0.717) is 18.5 Å². The predicted octanol–water partition coefficient (Wildman–Crippen LogP) is 1.43. The van der Waals surface area contributed by atoms with E-state index in [1.165, 1.54) is 6.20 Å². The smallest absolute Gasteiger partial charge is 0.233 e. The number of amides is 2. The molecule has 0 spiro atoms. The second-order valence-electron chi connectivity index (χ2n) is 6.04. The first kappa shape index (κ1) is 15.3. The molecule has 2 fully saturated rings. The Bertz CT molecular complexity index is 656. The molecule has 1 aliphatic heterocycles. The molecule has 0 aromatic carbocycles. The molecule has 6 nitrogen and oxygen atoms in total. The molecule has 1 aliphatic carbocycles. The van der Waals surface area contributed by atoms with Crippen LogP contribution in [0, 0.1) is 23.2 Å². The monoisotopic (exact) mass is 311 g/mol. The molecular weight excluding hydrogens is 294 g/mol. The van der Waals surface area contributed by atoms with Crippen molar-refractivity contribution in [3.8, 4) is 6.07 Å².